The summed E-state index contributed by atoms with van der Waals surface area (Å²) in [4.78, 5) is 28.1. The second kappa shape index (κ2) is 12.8. The first kappa shape index (κ1) is 29.5. The maximum absolute atomic E-state index is 13.9. The van der Waals surface area contributed by atoms with Gasteiger partial charge in [-0.2, -0.15) is 0 Å². The Bertz CT molecular complexity index is 1490. The SMILES string of the molecule is CCNC(=O)C(C)N(Cc1ccc(Cl)c(Cl)c1)C(=O)CN(c1ccc2c(c1)OCCO2)S(=O)(=O)c1ccccc1. The van der Waals surface area contributed by atoms with Gasteiger partial charge in [0.15, 0.2) is 11.5 Å². The molecule has 1 heterocycles. The van der Waals surface area contributed by atoms with Crippen molar-refractivity contribution < 1.29 is 27.5 Å². The average molecular weight is 607 g/mol. The number of ether oxygens (including phenoxy) is 2. The van der Waals surface area contributed by atoms with Gasteiger partial charge >= 0.3 is 0 Å². The predicted molar refractivity (Wildman–Crippen MR) is 154 cm³/mol. The molecule has 212 valence electrons. The van der Waals surface area contributed by atoms with Gasteiger partial charge in [-0.05, 0) is 55.8 Å². The summed E-state index contributed by atoms with van der Waals surface area (Å²) in [5, 5.41) is 3.36. The Balaban J connectivity index is 1.74. The Kier molecular flexibility index (Phi) is 9.44. The predicted octanol–water partition coefficient (Wildman–Crippen LogP) is 4.51. The number of anilines is 1. The highest BCUT2D eigenvalue weighted by molar-refractivity contribution is 7.92. The molecule has 2 amide bonds. The fourth-order valence-electron chi connectivity index (χ4n) is 4.17. The maximum Gasteiger partial charge on any atom is 0.264 e. The number of likely N-dealkylation sites (N-methyl/N-ethyl adjacent to an activating group) is 1. The van der Waals surface area contributed by atoms with Gasteiger partial charge in [0.05, 0.1) is 20.6 Å². The molecule has 1 N–H and O–H groups in total. The normalized spacial score (nSPS) is 13.3. The van der Waals surface area contributed by atoms with Gasteiger partial charge in [0.2, 0.25) is 11.8 Å². The Labute approximate surface area is 243 Å². The fraction of sp³-hybridized carbons (Fsp3) is 0.286. The van der Waals surface area contributed by atoms with Crippen LogP contribution in [-0.4, -0.2) is 57.5 Å². The number of fused-ring (bicyclic) bond motifs is 1. The third-order valence-electron chi connectivity index (χ3n) is 6.28. The van der Waals surface area contributed by atoms with Crippen LogP contribution in [0.5, 0.6) is 11.5 Å². The van der Waals surface area contributed by atoms with Crippen molar-refractivity contribution in [2.45, 2.75) is 31.3 Å². The summed E-state index contributed by atoms with van der Waals surface area (Å²) in [6.45, 7) is 3.81. The standard InChI is InChI=1S/C28H29Cl2N3O6S/c1-3-31-28(35)19(2)32(17-20-9-11-23(29)24(30)15-20)27(34)18-33(40(36,37)22-7-5-4-6-8-22)21-10-12-25-26(16-21)39-14-13-38-25/h4-12,15-16,19H,3,13-14,17-18H2,1-2H3,(H,31,35). The van der Waals surface area contributed by atoms with Gasteiger partial charge in [-0.3, -0.25) is 13.9 Å². The molecular formula is C28H29Cl2N3O6S. The van der Waals surface area contributed by atoms with Gasteiger partial charge < -0.3 is 19.7 Å². The van der Waals surface area contributed by atoms with Crippen LogP contribution >= 0.6 is 23.2 Å². The lowest BCUT2D eigenvalue weighted by atomic mass is 10.1. The summed E-state index contributed by atoms with van der Waals surface area (Å²) >= 11 is 12.3. The first-order valence-electron chi connectivity index (χ1n) is 12.6. The highest BCUT2D eigenvalue weighted by Crippen LogP contribution is 2.36. The van der Waals surface area contributed by atoms with Crippen LogP contribution in [0.2, 0.25) is 10.0 Å². The lowest BCUT2D eigenvalue weighted by Gasteiger charge is -2.32. The number of carbonyl (C=O) groups excluding carboxylic acids is 2. The number of sulfonamides is 1. The number of halogens is 2. The van der Waals surface area contributed by atoms with E-state index >= 15 is 0 Å². The Morgan fingerprint density at radius 2 is 1.65 bits per heavy atom. The van der Waals surface area contributed by atoms with Crippen molar-refractivity contribution in [2.75, 3.05) is 30.6 Å². The van der Waals surface area contributed by atoms with Crippen LogP contribution in [-0.2, 0) is 26.2 Å². The zero-order valence-corrected chi connectivity index (χ0v) is 24.3. The van der Waals surface area contributed by atoms with Crippen molar-refractivity contribution in [3.05, 3.63) is 82.3 Å². The van der Waals surface area contributed by atoms with Crippen molar-refractivity contribution >= 4 is 50.7 Å². The minimum absolute atomic E-state index is 0.00509. The molecule has 1 aliphatic heterocycles. The molecule has 1 atom stereocenters. The summed E-state index contributed by atoms with van der Waals surface area (Å²) in [6, 6.07) is 16.5. The summed E-state index contributed by atoms with van der Waals surface area (Å²) in [6.07, 6.45) is 0. The molecule has 9 nitrogen and oxygen atoms in total. The number of hydrogen-bond donors (Lipinski definition) is 1. The number of hydrogen-bond acceptors (Lipinski definition) is 6. The summed E-state index contributed by atoms with van der Waals surface area (Å²) in [7, 11) is -4.20. The van der Waals surface area contributed by atoms with Gasteiger partial charge in [0.25, 0.3) is 10.0 Å². The zero-order chi connectivity index (χ0) is 28.9. The van der Waals surface area contributed by atoms with Crippen LogP contribution in [0, 0.1) is 0 Å². The highest BCUT2D eigenvalue weighted by atomic mass is 35.5. The largest absolute Gasteiger partial charge is 0.486 e. The molecule has 0 spiro atoms. The van der Waals surface area contributed by atoms with Crippen LogP contribution in [0.15, 0.2) is 71.6 Å². The number of rotatable bonds is 10. The van der Waals surface area contributed by atoms with Gasteiger partial charge in [-0.25, -0.2) is 8.42 Å². The van der Waals surface area contributed by atoms with Crippen LogP contribution in [0.25, 0.3) is 0 Å². The lowest BCUT2D eigenvalue weighted by molar-refractivity contribution is -0.139. The van der Waals surface area contributed by atoms with E-state index < -0.39 is 28.5 Å². The van der Waals surface area contributed by atoms with Crippen molar-refractivity contribution in [3.8, 4) is 11.5 Å². The number of nitrogens with zero attached hydrogens (tertiary/aromatic N) is 2. The monoisotopic (exact) mass is 605 g/mol. The van der Waals surface area contributed by atoms with Gasteiger partial charge in [0.1, 0.15) is 25.8 Å². The smallest absolute Gasteiger partial charge is 0.264 e. The molecule has 1 aliphatic rings. The van der Waals surface area contributed by atoms with Crippen molar-refractivity contribution in [1.29, 1.82) is 0 Å². The van der Waals surface area contributed by atoms with E-state index in [4.69, 9.17) is 32.7 Å². The van der Waals surface area contributed by atoms with Gasteiger partial charge in [-0.15, -0.1) is 0 Å². The molecule has 40 heavy (non-hydrogen) atoms. The van der Waals surface area contributed by atoms with E-state index in [1.54, 1.807) is 62.4 Å². The van der Waals surface area contributed by atoms with E-state index in [9.17, 15) is 18.0 Å². The first-order valence-corrected chi connectivity index (χ1v) is 14.8. The molecule has 0 aromatic heterocycles. The molecule has 0 aliphatic carbocycles. The second-order valence-corrected chi connectivity index (χ2v) is 11.7. The fourth-order valence-corrected chi connectivity index (χ4v) is 5.92. The third-order valence-corrected chi connectivity index (χ3v) is 8.81. The van der Waals surface area contributed by atoms with Crippen LogP contribution < -0.4 is 19.1 Å². The van der Waals surface area contributed by atoms with Gasteiger partial charge in [0, 0.05) is 19.2 Å². The third kappa shape index (κ3) is 6.63. The molecular weight excluding hydrogens is 577 g/mol. The molecule has 0 bridgehead atoms. The average Bonchev–Trinajstić information content (AvgIpc) is 2.96. The van der Waals surface area contributed by atoms with E-state index in [-0.39, 0.29) is 23.0 Å². The quantitative estimate of drug-likeness (QED) is 0.364. The molecule has 0 fully saturated rings. The Morgan fingerprint density at radius 3 is 2.33 bits per heavy atom. The van der Waals surface area contributed by atoms with Crippen LogP contribution in [0.1, 0.15) is 19.4 Å². The lowest BCUT2D eigenvalue weighted by Crippen LogP contribution is -2.51. The molecule has 0 saturated carbocycles. The van der Waals surface area contributed by atoms with Crippen molar-refractivity contribution in [3.63, 3.8) is 0 Å². The number of amides is 2. The molecule has 0 radical (unpaired) electrons. The molecule has 1 unspecified atom stereocenters. The molecule has 3 aromatic carbocycles. The van der Waals surface area contributed by atoms with Crippen molar-refractivity contribution in [2.24, 2.45) is 0 Å². The molecule has 12 heteroatoms. The number of nitrogens with one attached hydrogen (secondary N) is 1. The zero-order valence-electron chi connectivity index (χ0n) is 22.0. The highest BCUT2D eigenvalue weighted by Gasteiger charge is 2.33. The van der Waals surface area contributed by atoms with E-state index in [2.05, 4.69) is 5.32 Å². The van der Waals surface area contributed by atoms with E-state index in [1.807, 2.05) is 0 Å². The maximum atomic E-state index is 13.9. The topological polar surface area (TPSA) is 105 Å². The first-order chi connectivity index (χ1) is 19.1. The summed E-state index contributed by atoms with van der Waals surface area (Å²) < 4.78 is 40.0. The van der Waals surface area contributed by atoms with Crippen LogP contribution in [0.3, 0.4) is 0 Å². The minimum atomic E-state index is -4.20. The van der Waals surface area contributed by atoms with E-state index in [0.717, 1.165) is 4.31 Å². The van der Waals surface area contributed by atoms with E-state index in [1.165, 1.54) is 23.1 Å². The molecule has 0 saturated heterocycles. The Hall–Kier alpha value is -3.47. The number of carbonyl (C=O) groups is 2. The second-order valence-electron chi connectivity index (χ2n) is 8.99. The summed E-state index contributed by atoms with van der Waals surface area (Å²) in [5.74, 6) is -0.135. The minimum Gasteiger partial charge on any atom is -0.486 e. The van der Waals surface area contributed by atoms with Crippen LogP contribution in [0.4, 0.5) is 5.69 Å². The number of benzene rings is 3. The summed E-state index contributed by atoms with van der Waals surface area (Å²) in [5.41, 5.74) is 0.831. The molecule has 4 rings (SSSR count). The van der Waals surface area contributed by atoms with Crippen molar-refractivity contribution in [1.82, 2.24) is 10.2 Å². The van der Waals surface area contributed by atoms with E-state index in [0.29, 0.717) is 46.9 Å². The van der Waals surface area contributed by atoms with Gasteiger partial charge in [-0.1, -0.05) is 47.5 Å². The molecule has 3 aromatic rings. The Morgan fingerprint density at radius 1 is 0.950 bits per heavy atom.